The van der Waals surface area contributed by atoms with Crippen LogP contribution in [0.25, 0.3) is 0 Å². The lowest BCUT2D eigenvalue weighted by Crippen LogP contribution is -2.40. The van der Waals surface area contributed by atoms with Gasteiger partial charge in [-0.1, -0.05) is 19.9 Å². The van der Waals surface area contributed by atoms with Crippen molar-refractivity contribution in [2.75, 3.05) is 25.0 Å². The van der Waals surface area contributed by atoms with Gasteiger partial charge in [0.05, 0.1) is 5.56 Å². The molecule has 0 saturated carbocycles. The number of carbonyl (C=O) groups is 1. The summed E-state index contributed by atoms with van der Waals surface area (Å²) in [6, 6.07) is 5.89. The van der Waals surface area contributed by atoms with Crippen molar-refractivity contribution in [1.29, 1.82) is 0 Å². The maximum absolute atomic E-state index is 11.2. The molecule has 1 aromatic rings. The molecule has 1 saturated heterocycles. The number of piperidine rings is 1. The first-order valence-corrected chi connectivity index (χ1v) is 7.79. The van der Waals surface area contributed by atoms with Gasteiger partial charge in [-0.15, -0.1) is 0 Å². The number of likely N-dealkylation sites (tertiary alicyclic amines) is 1. The molecule has 116 valence electrons. The highest BCUT2D eigenvalue weighted by Gasteiger charge is 2.20. The van der Waals surface area contributed by atoms with Gasteiger partial charge in [-0.25, -0.2) is 4.79 Å². The molecule has 2 N–H and O–H groups in total. The molecule has 1 aromatic carbocycles. The van der Waals surface area contributed by atoms with E-state index in [1.54, 1.807) is 6.07 Å². The quantitative estimate of drug-likeness (QED) is 0.874. The number of nitrogens with zero attached hydrogens (tertiary/aromatic N) is 1. The van der Waals surface area contributed by atoms with Crippen LogP contribution < -0.4 is 5.32 Å². The number of aromatic carboxylic acids is 1. The molecule has 0 bridgehead atoms. The van der Waals surface area contributed by atoms with Crippen molar-refractivity contribution < 1.29 is 9.90 Å². The van der Waals surface area contributed by atoms with Crippen LogP contribution in [0.2, 0.25) is 0 Å². The number of anilines is 1. The molecule has 1 aliphatic rings. The fourth-order valence-electron chi connectivity index (χ4n) is 3.02. The third-order valence-corrected chi connectivity index (χ3v) is 4.13. The summed E-state index contributed by atoms with van der Waals surface area (Å²) in [6.07, 6.45) is 2.23. The topological polar surface area (TPSA) is 52.6 Å². The summed E-state index contributed by atoms with van der Waals surface area (Å²) in [6.45, 7) is 9.79. The van der Waals surface area contributed by atoms with Crippen LogP contribution >= 0.6 is 0 Å². The van der Waals surface area contributed by atoms with Crippen LogP contribution in [-0.2, 0) is 0 Å². The minimum atomic E-state index is -0.858. The van der Waals surface area contributed by atoms with Crippen LogP contribution in [0.4, 0.5) is 5.69 Å². The summed E-state index contributed by atoms with van der Waals surface area (Å²) in [4.78, 5) is 13.7. The van der Waals surface area contributed by atoms with Crippen molar-refractivity contribution in [2.45, 2.75) is 39.7 Å². The van der Waals surface area contributed by atoms with E-state index in [1.807, 2.05) is 19.1 Å². The molecule has 1 aliphatic heterocycles. The predicted octanol–water partition coefficient (Wildman–Crippen LogP) is 3.23. The van der Waals surface area contributed by atoms with Crippen LogP contribution in [0, 0.1) is 12.8 Å². The van der Waals surface area contributed by atoms with Crippen LogP contribution in [0.5, 0.6) is 0 Å². The average Bonchev–Trinajstić information content (AvgIpc) is 2.42. The van der Waals surface area contributed by atoms with Gasteiger partial charge in [0.15, 0.2) is 0 Å². The third-order valence-electron chi connectivity index (χ3n) is 4.13. The molecule has 0 amide bonds. The predicted molar refractivity (Wildman–Crippen MR) is 86.1 cm³/mol. The second kappa shape index (κ2) is 6.94. The molecule has 2 rings (SSSR count). The second-order valence-corrected chi connectivity index (χ2v) is 6.40. The number of rotatable bonds is 5. The van der Waals surface area contributed by atoms with E-state index in [0.717, 1.165) is 37.2 Å². The summed E-state index contributed by atoms with van der Waals surface area (Å²) in [5.74, 6) is -0.146. The lowest BCUT2D eigenvalue weighted by atomic mass is 10.0. The van der Waals surface area contributed by atoms with Crippen molar-refractivity contribution in [1.82, 2.24) is 4.90 Å². The molecule has 0 aliphatic carbocycles. The van der Waals surface area contributed by atoms with Gasteiger partial charge in [0.1, 0.15) is 0 Å². The minimum absolute atomic E-state index is 0.386. The lowest BCUT2D eigenvalue weighted by Gasteiger charge is -2.34. The Morgan fingerprint density at radius 3 is 2.62 bits per heavy atom. The summed E-state index contributed by atoms with van der Waals surface area (Å²) in [7, 11) is 0. The smallest absolute Gasteiger partial charge is 0.336 e. The van der Waals surface area contributed by atoms with Crippen molar-refractivity contribution >= 4 is 11.7 Å². The number of hydrogen-bond donors (Lipinski definition) is 2. The summed E-state index contributed by atoms with van der Waals surface area (Å²) in [5.41, 5.74) is 2.17. The molecule has 0 aromatic heterocycles. The van der Waals surface area contributed by atoms with Gasteiger partial charge in [-0.2, -0.15) is 0 Å². The van der Waals surface area contributed by atoms with Crippen LogP contribution in [0.1, 0.15) is 42.6 Å². The van der Waals surface area contributed by atoms with Crippen molar-refractivity contribution in [2.24, 2.45) is 5.92 Å². The van der Waals surface area contributed by atoms with E-state index in [9.17, 15) is 9.90 Å². The summed E-state index contributed by atoms with van der Waals surface area (Å²) >= 11 is 0. The molecule has 1 heterocycles. The van der Waals surface area contributed by atoms with E-state index in [0.29, 0.717) is 17.5 Å². The maximum Gasteiger partial charge on any atom is 0.336 e. The van der Waals surface area contributed by atoms with E-state index in [2.05, 4.69) is 24.1 Å². The minimum Gasteiger partial charge on any atom is -0.478 e. The molecule has 0 radical (unpaired) electrons. The molecule has 21 heavy (non-hydrogen) atoms. The molecule has 4 nitrogen and oxygen atoms in total. The first-order chi connectivity index (χ1) is 9.97. The SMILES string of the molecule is Cc1c(NC2CCN(CC(C)C)CC2)cccc1C(=O)O. The number of carboxylic acids is 1. The highest BCUT2D eigenvalue weighted by atomic mass is 16.4. The molecule has 0 unspecified atom stereocenters. The zero-order valence-electron chi connectivity index (χ0n) is 13.2. The van der Waals surface area contributed by atoms with E-state index < -0.39 is 5.97 Å². The Morgan fingerprint density at radius 2 is 2.05 bits per heavy atom. The Kier molecular flexibility index (Phi) is 5.23. The fourth-order valence-corrected chi connectivity index (χ4v) is 3.02. The summed E-state index contributed by atoms with van der Waals surface area (Å²) < 4.78 is 0. The largest absolute Gasteiger partial charge is 0.478 e. The monoisotopic (exact) mass is 290 g/mol. The Morgan fingerprint density at radius 1 is 1.38 bits per heavy atom. The van der Waals surface area contributed by atoms with E-state index in [-0.39, 0.29) is 0 Å². The number of nitrogens with one attached hydrogen (secondary N) is 1. The van der Waals surface area contributed by atoms with Gasteiger partial charge in [0, 0.05) is 31.4 Å². The highest BCUT2D eigenvalue weighted by molar-refractivity contribution is 5.91. The second-order valence-electron chi connectivity index (χ2n) is 6.40. The number of carboxylic acid groups (broad SMARTS) is 1. The van der Waals surface area contributed by atoms with Crippen molar-refractivity contribution in [3.63, 3.8) is 0 Å². The first kappa shape index (κ1) is 15.8. The Bertz CT molecular complexity index is 492. The maximum atomic E-state index is 11.2. The number of hydrogen-bond acceptors (Lipinski definition) is 3. The van der Waals surface area contributed by atoms with Gasteiger partial charge < -0.3 is 15.3 Å². The molecule has 4 heteroatoms. The van der Waals surface area contributed by atoms with Gasteiger partial charge in [0.2, 0.25) is 0 Å². The van der Waals surface area contributed by atoms with E-state index in [4.69, 9.17) is 0 Å². The normalized spacial score (nSPS) is 17.1. The van der Waals surface area contributed by atoms with Crippen molar-refractivity contribution in [3.05, 3.63) is 29.3 Å². The van der Waals surface area contributed by atoms with Gasteiger partial charge in [-0.3, -0.25) is 0 Å². The standard InChI is InChI=1S/C17H26N2O2/c1-12(2)11-19-9-7-14(8-10-19)18-16-6-4-5-15(13(16)3)17(20)21/h4-6,12,14,18H,7-11H2,1-3H3,(H,20,21). The third kappa shape index (κ3) is 4.21. The van der Waals surface area contributed by atoms with Crippen molar-refractivity contribution in [3.8, 4) is 0 Å². The van der Waals surface area contributed by atoms with E-state index in [1.165, 1.54) is 6.54 Å². The molecule has 1 fully saturated rings. The Balaban J connectivity index is 1.95. The summed E-state index contributed by atoms with van der Waals surface area (Å²) in [5, 5.41) is 12.7. The van der Waals surface area contributed by atoms with Crippen LogP contribution in [0.15, 0.2) is 18.2 Å². The number of benzene rings is 1. The molecule has 0 atom stereocenters. The van der Waals surface area contributed by atoms with Crippen LogP contribution in [-0.4, -0.2) is 41.7 Å². The highest BCUT2D eigenvalue weighted by Crippen LogP contribution is 2.23. The zero-order chi connectivity index (χ0) is 15.4. The molecule has 0 spiro atoms. The van der Waals surface area contributed by atoms with Crippen LogP contribution in [0.3, 0.4) is 0 Å². The zero-order valence-corrected chi connectivity index (χ0v) is 13.2. The average molecular weight is 290 g/mol. The van der Waals surface area contributed by atoms with Gasteiger partial charge in [0.25, 0.3) is 0 Å². The molecular formula is C17H26N2O2. The Hall–Kier alpha value is -1.55. The first-order valence-electron chi connectivity index (χ1n) is 7.79. The Labute approximate surface area is 127 Å². The fraction of sp³-hybridized carbons (Fsp3) is 0.588. The van der Waals surface area contributed by atoms with Gasteiger partial charge in [-0.05, 0) is 43.4 Å². The lowest BCUT2D eigenvalue weighted by molar-refractivity contribution is 0.0696. The molecular weight excluding hydrogens is 264 g/mol. The van der Waals surface area contributed by atoms with E-state index >= 15 is 0 Å². The van der Waals surface area contributed by atoms with Gasteiger partial charge >= 0.3 is 5.97 Å².